The van der Waals surface area contributed by atoms with Gasteiger partial charge in [0, 0.05) is 25.5 Å². The SMILES string of the molecule is COc1ccc([C@H]2CCC[NH+]2CC(=O)NCc2ccc(F)cc2)c(OC)c1. The van der Waals surface area contributed by atoms with E-state index in [0.29, 0.717) is 13.1 Å². The van der Waals surface area contributed by atoms with Crippen molar-refractivity contribution >= 4 is 5.91 Å². The molecule has 0 aromatic heterocycles. The topological polar surface area (TPSA) is 52.0 Å². The third-order valence-electron chi connectivity index (χ3n) is 5.09. The Kier molecular flexibility index (Phi) is 6.29. The van der Waals surface area contributed by atoms with Crippen molar-refractivity contribution < 1.29 is 23.6 Å². The number of halogens is 1. The molecule has 2 aromatic carbocycles. The molecule has 27 heavy (non-hydrogen) atoms. The number of hydrogen-bond donors (Lipinski definition) is 2. The van der Waals surface area contributed by atoms with Crippen LogP contribution in [-0.4, -0.2) is 33.2 Å². The lowest BCUT2D eigenvalue weighted by molar-refractivity contribution is -0.910. The minimum atomic E-state index is -0.275. The van der Waals surface area contributed by atoms with Gasteiger partial charge in [0.1, 0.15) is 23.4 Å². The van der Waals surface area contributed by atoms with E-state index in [0.717, 1.165) is 42.0 Å². The third kappa shape index (κ3) is 4.77. The quantitative estimate of drug-likeness (QED) is 0.779. The van der Waals surface area contributed by atoms with Crippen LogP contribution in [0.15, 0.2) is 42.5 Å². The van der Waals surface area contributed by atoms with Gasteiger partial charge >= 0.3 is 0 Å². The normalized spacial score (nSPS) is 18.9. The van der Waals surface area contributed by atoms with Crippen LogP contribution >= 0.6 is 0 Å². The minimum Gasteiger partial charge on any atom is -0.497 e. The number of nitrogens with one attached hydrogen (secondary N) is 2. The Labute approximate surface area is 159 Å². The molecule has 144 valence electrons. The van der Waals surface area contributed by atoms with Gasteiger partial charge in [-0.3, -0.25) is 4.79 Å². The molecule has 1 unspecified atom stereocenters. The largest absolute Gasteiger partial charge is 0.497 e. The van der Waals surface area contributed by atoms with Crippen molar-refractivity contribution in [3.8, 4) is 11.5 Å². The van der Waals surface area contributed by atoms with Crippen LogP contribution in [-0.2, 0) is 11.3 Å². The molecule has 0 aliphatic carbocycles. The second kappa shape index (κ2) is 8.86. The fraction of sp³-hybridized carbons (Fsp3) is 0.381. The summed E-state index contributed by atoms with van der Waals surface area (Å²) in [5.41, 5.74) is 1.99. The summed E-state index contributed by atoms with van der Waals surface area (Å²) >= 11 is 0. The zero-order valence-electron chi connectivity index (χ0n) is 15.8. The highest BCUT2D eigenvalue weighted by atomic mass is 19.1. The first-order valence-corrected chi connectivity index (χ1v) is 9.18. The Morgan fingerprint density at radius 1 is 1.19 bits per heavy atom. The number of benzene rings is 2. The van der Waals surface area contributed by atoms with Gasteiger partial charge in [0.2, 0.25) is 0 Å². The molecule has 1 fully saturated rings. The van der Waals surface area contributed by atoms with Crippen LogP contribution in [0.1, 0.15) is 30.0 Å². The minimum absolute atomic E-state index is 0.00583. The number of hydrogen-bond acceptors (Lipinski definition) is 3. The molecule has 3 rings (SSSR count). The Balaban J connectivity index is 1.62. The number of rotatable bonds is 7. The van der Waals surface area contributed by atoms with Crippen molar-refractivity contribution in [3.63, 3.8) is 0 Å². The highest BCUT2D eigenvalue weighted by Crippen LogP contribution is 2.31. The van der Waals surface area contributed by atoms with Crippen LogP contribution in [0.2, 0.25) is 0 Å². The fourth-order valence-corrected chi connectivity index (χ4v) is 3.68. The van der Waals surface area contributed by atoms with E-state index in [1.165, 1.54) is 17.0 Å². The van der Waals surface area contributed by atoms with E-state index in [9.17, 15) is 9.18 Å². The monoisotopic (exact) mass is 373 g/mol. The standard InChI is InChI=1S/C21H25FN2O3/c1-26-17-9-10-18(20(12-17)27-2)19-4-3-11-24(19)14-21(25)23-13-15-5-7-16(22)8-6-15/h5-10,12,19H,3-4,11,13-14H2,1-2H3,(H,23,25)/p+1/t19-/m1/s1. The molecule has 1 heterocycles. The Morgan fingerprint density at radius 3 is 2.67 bits per heavy atom. The van der Waals surface area contributed by atoms with Crippen LogP contribution in [0.3, 0.4) is 0 Å². The van der Waals surface area contributed by atoms with Crippen LogP contribution in [0.5, 0.6) is 11.5 Å². The number of likely N-dealkylation sites (tertiary alicyclic amines) is 1. The molecule has 1 aliphatic rings. The first kappa shape index (κ1) is 19.2. The first-order chi connectivity index (χ1) is 13.1. The van der Waals surface area contributed by atoms with E-state index in [1.807, 2.05) is 18.2 Å². The number of ether oxygens (including phenoxy) is 2. The van der Waals surface area contributed by atoms with Crippen molar-refractivity contribution in [1.29, 1.82) is 0 Å². The van der Waals surface area contributed by atoms with Gasteiger partial charge in [0.25, 0.3) is 5.91 Å². The zero-order chi connectivity index (χ0) is 19.2. The summed E-state index contributed by atoms with van der Waals surface area (Å²) < 4.78 is 23.8. The molecule has 0 saturated carbocycles. The fourth-order valence-electron chi connectivity index (χ4n) is 3.68. The van der Waals surface area contributed by atoms with Gasteiger partial charge in [-0.2, -0.15) is 0 Å². The number of carbonyl (C=O) groups excluding carboxylic acids is 1. The van der Waals surface area contributed by atoms with E-state index in [-0.39, 0.29) is 17.8 Å². The second-order valence-corrected chi connectivity index (χ2v) is 6.79. The van der Waals surface area contributed by atoms with Crippen molar-refractivity contribution in [2.75, 3.05) is 27.3 Å². The maximum atomic E-state index is 13.0. The second-order valence-electron chi connectivity index (χ2n) is 6.79. The first-order valence-electron chi connectivity index (χ1n) is 9.18. The molecule has 0 bridgehead atoms. The Bertz CT molecular complexity index is 779. The zero-order valence-corrected chi connectivity index (χ0v) is 15.8. The van der Waals surface area contributed by atoms with Gasteiger partial charge in [0.15, 0.2) is 6.54 Å². The molecule has 5 nitrogen and oxygen atoms in total. The summed E-state index contributed by atoms with van der Waals surface area (Å²) in [7, 11) is 3.29. The molecule has 2 N–H and O–H groups in total. The van der Waals surface area contributed by atoms with E-state index in [4.69, 9.17) is 9.47 Å². The van der Waals surface area contributed by atoms with E-state index in [1.54, 1.807) is 26.4 Å². The average Bonchev–Trinajstić information content (AvgIpc) is 3.14. The number of methoxy groups -OCH3 is 2. The van der Waals surface area contributed by atoms with Crippen LogP contribution in [0, 0.1) is 5.82 Å². The third-order valence-corrected chi connectivity index (χ3v) is 5.09. The van der Waals surface area contributed by atoms with Gasteiger partial charge in [-0.05, 0) is 29.8 Å². The molecule has 2 atom stereocenters. The van der Waals surface area contributed by atoms with Gasteiger partial charge in [-0.15, -0.1) is 0 Å². The van der Waals surface area contributed by atoms with Gasteiger partial charge in [-0.1, -0.05) is 12.1 Å². The van der Waals surface area contributed by atoms with Gasteiger partial charge < -0.3 is 19.7 Å². The smallest absolute Gasteiger partial charge is 0.275 e. The number of quaternary nitrogens is 1. The van der Waals surface area contributed by atoms with Crippen molar-refractivity contribution in [3.05, 3.63) is 59.4 Å². The summed E-state index contributed by atoms with van der Waals surface area (Å²) in [6, 6.07) is 12.2. The summed E-state index contributed by atoms with van der Waals surface area (Å²) in [5, 5.41) is 2.93. The predicted octanol–water partition coefficient (Wildman–Crippen LogP) is 1.88. The molecule has 2 aromatic rings. The molecule has 1 amide bonds. The molecular formula is C21H26FN2O3+. The van der Waals surface area contributed by atoms with Crippen molar-refractivity contribution in [2.24, 2.45) is 0 Å². The maximum absolute atomic E-state index is 13.0. The summed E-state index contributed by atoms with van der Waals surface area (Å²) in [6.07, 6.45) is 2.09. The lowest BCUT2D eigenvalue weighted by Gasteiger charge is -2.23. The van der Waals surface area contributed by atoms with Crippen LogP contribution < -0.4 is 19.7 Å². The maximum Gasteiger partial charge on any atom is 0.275 e. The van der Waals surface area contributed by atoms with E-state index in [2.05, 4.69) is 5.32 Å². The van der Waals surface area contributed by atoms with Crippen LogP contribution in [0.25, 0.3) is 0 Å². The van der Waals surface area contributed by atoms with Crippen molar-refractivity contribution in [1.82, 2.24) is 5.32 Å². The molecule has 0 radical (unpaired) electrons. The molecule has 1 aliphatic heterocycles. The highest BCUT2D eigenvalue weighted by molar-refractivity contribution is 5.76. The number of carbonyl (C=O) groups is 1. The Morgan fingerprint density at radius 2 is 1.96 bits per heavy atom. The van der Waals surface area contributed by atoms with Crippen molar-refractivity contribution in [2.45, 2.75) is 25.4 Å². The average molecular weight is 373 g/mol. The molecule has 1 saturated heterocycles. The summed E-state index contributed by atoms with van der Waals surface area (Å²) in [6.45, 7) is 1.76. The molecular weight excluding hydrogens is 347 g/mol. The lowest BCUT2D eigenvalue weighted by atomic mass is 10.0. The highest BCUT2D eigenvalue weighted by Gasteiger charge is 2.33. The van der Waals surface area contributed by atoms with E-state index < -0.39 is 0 Å². The van der Waals surface area contributed by atoms with Gasteiger partial charge in [0.05, 0.1) is 26.3 Å². The molecule has 0 spiro atoms. The summed E-state index contributed by atoms with van der Waals surface area (Å²) in [5.74, 6) is 1.27. The van der Waals surface area contributed by atoms with Gasteiger partial charge in [-0.25, -0.2) is 4.39 Å². The van der Waals surface area contributed by atoms with Crippen LogP contribution in [0.4, 0.5) is 4.39 Å². The Hall–Kier alpha value is -2.60. The number of amides is 1. The molecule has 6 heteroatoms. The van der Waals surface area contributed by atoms with E-state index >= 15 is 0 Å². The predicted molar refractivity (Wildman–Crippen MR) is 100 cm³/mol. The summed E-state index contributed by atoms with van der Waals surface area (Å²) in [4.78, 5) is 13.6. The lowest BCUT2D eigenvalue weighted by Crippen LogP contribution is -3.11.